The Kier molecular flexibility index (Phi) is 29.7. The molecule has 0 bridgehead atoms. The molecule has 0 radical (unpaired) electrons. The van der Waals surface area contributed by atoms with Gasteiger partial charge >= 0.3 is 49.4 Å². The monoisotopic (exact) mass is 666 g/mol. The van der Waals surface area contributed by atoms with Crippen LogP contribution in [0.3, 0.4) is 0 Å². The van der Waals surface area contributed by atoms with Gasteiger partial charge < -0.3 is 29.7 Å². The van der Waals surface area contributed by atoms with E-state index in [1.54, 1.807) is 27.7 Å². The Morgan fingerprint density at radius 3 is 1.03 bits per heavy atom. The van der Waals surface area contributed by atoms with Crippen LogP contribution in [0.2, 0.25) is 0 Å². The molecule has 220 valence electrons. The average molecular weight is 666 g/mol. The molecular formula is C30H57EuO6. The summed E-state index contributed by atoms with van der Waals surface area (Å²) in [6.07, 6.45) is 14.6. The molecule has 2 unspecified atom stereocenters. The van der Waals surface area contributed by atoms with Crippen molar-refractivity contribution in [3.8, 4) is 0 Å². The van der Waals surface area contributed by atoms with Gasteiger partial charge in [-0.2, -0.15) is 0 Å². The van der Waals surface area contributed by atoms with Crippen LogP contribution in [-0.2, 0) is 14.4 Å². The van der Waals surface area contributed by atoms with Gasteiger partial charge in [0.15, 0.2) is 0 Å². The minimum Gasteiger partial charge on any atom is -0.550 e. The molecule has 0 aliphatic rings. The number of unbranched alkanes of at least 4 members (excludes halogenated alkanes) is 7. The van der Waals surface area contributed by atoms with E-state index in [0.29, 0.717) is 12.8 Å². The number of carbonyl (C=O) groups is 3. The van der Waals surface area contributed by atoms with Crippen molar-refractivity contribution >= 4 is 17.9 Å². The largest absolute Gasteiger partial charge is 3.00 e. The van der Waals surface area contributed by atoms with Crippen molar-refractivity contribution in [2.24, 2.45) is 16.2 Å². The van der Waals surface area contributed by atoms with Crippen LogP contribution < -0.4 is 15.3 Å². The second kappa shape index (κ2) is 25.0. The molecule has 0 fully saturated rings. The van der Waals surface area contributed by atoms with Gasteiger partial charge in [-0.15, -0.1) is 0 Å². The second-order valence-corrected chi connectivity index (χ2v) is 11.3. The third-order valence-electron chi connectivity index (χ3n) is 7.42. The van der Waals surface area contributed by atoms with Gasteiger partial charge in [0.25, 0.3) is 0 Å². The molecule has 0 spiro atoms. The van der Waals surface area contributed by atoms with Crippen molar-refractivity contribution in [3.05, 3.63) is 0 Å². The molecule has 37 heavy (non-hydrogen) atoms. The third-order valence-corrected chi connectivity index (χ3v) is 7.42. The summed E-state index contributed by atoms with van der Waals surface area (Å²) in [7, 11) is 0. The fourth-order valence-corrected chi connectivity index (χ4v) is 3.47. The normalized spacial score (nSPS) is 13.9. The molecule has 0 amide bonds. The van der Waals surface area contributed by atoms with Gasteiger partial charge in [0.05, 0.1) is 0 Å². The van der Waals surface area contributed by atoms with Gasteiger partial charge in [-0.3, -0.25) is 0 Å². The summed E-state index contributed by atoms with van der Waals surface area (Å²) in [5.41, 5.74) is -1.85. The van der Waals surface area contributed by atoms with Crippen LogP contribution in [0.5, 0.6) is 0 Å². The van der Waals surface area contributed by atoms with Crippen LogP contribution in [0, 0.1) is 65.6 Å². The van der Waals surface area contributed by atoms with Crippen molar-refractivity contribution in [2.75, 3.05) is 0 Å². The van der Waals surface area contributed by atoms with E-state index >= 15 is 0 Å². The van der Waals surface area contributed by atoms with Crippen molar-refractivity contribution in [2.45, 2.75) is 159 Å². The number of rotatable bonds is 18. The van der Waals surface area contributed by atoms with Crippen LogP contribution in [0.15, 0.2) is 0 Å². The molecular weight excluding hydrogens is 608 g/mol. The van der Waals surface area contributed by atoms with Crippen LogP contribution >= 0.6 is 0 Å². The van der Waals surface area contributed by atoms with Gasteiger partial charge in [0, 0.05) is 34.2 Å². The predicted molar refractivity (Wildman–Crippen MR) is 143 cm³/mol. The summed E-state index contributed by atoms with van der Waals surface area (Å²) in [6, 6.07) is 0. The first-order valence-corrected chi connectivity index (χ1v) is 14.3. The Hall–Kier alpha value is -0.00558. The second-order valence-electron chi connectivity index (χ2n) is 11.3. The first kappa shape index (κ1) is 44.0. The number of aliphatic carboxylic acids is 3. The van der Waals surface area contributed by atoms with Gasteiger partial charge in [-0.05, 0) is 32.1 Å². The summed E-state index contributed by atoms with van der Waals surface area (Å²) < 4.78 is 0. The average Bonchev–Trinajstić information content (AvgIpc) is 2.82. The van der Waals surface area contributed by atoms with Gasteiger partial charge in [-0.25, -0.2) is 0 Å². The molecule has 0 saturated heterocycles. The maximum Gasteiger partial charge on any atom is 3.00 e. The Morgan fingerprint density at radius 2 is 0.784 bits per heavy atom. The van der Waals surface area contributed by atoms with E-state index in [4.69, 9.17) is 0 Å². The molecule has 6 nitrogen and oxygen atoms in total. The smallest absolute Gasteiger partial charge is 0.550 e. The van der Waals surface area contributed by atoms with Crippen molar-refractivity contribution in [3.63, 3.8) is 0 Å². The van der Waals surface area contributed by atoms with Gasteiger partial charge in [0.1, 0.15) is 0 Å². The molecule has 0 N–H and O–H groups in total. The fourth-order valence-electron chi connectivity index (χ4n) is 3.47. The summed E-state index contributed by atoms with van der Waals surface area (Å²) >= 11 is 0. The van der Waals surface area contributed by atoms with Crippen LogP contribution in [-0.4, -0.2) is 17.9 Å². The van der Waals surface area contributed by atoms with E-state index in [2.05, 4.69) is 20.8 Å². The molecule has 0 aromatic rings. The van der Waals surface area contributed by atoms with Gasteiger partial charge in [-0.1, -0.05) is 127 Å². The number of carboxylic acid groups (broad SMARTS) is 3. The summed E-state index contributed by atoms with van der Waals surface area (Å²) in [5, 5.41) is 32.0. The molecule has 0 aliphatic heterocycles. The number of hydrogen-bond donors (Lipinski definition) is 0. The Labute approximate surface area is 269 Å². The summed E-state index contributed by atoms with van der Waals surface area (Å²) in [6.45, 7) is 17.2. The first-order valence-electron chi connectivity index (χ1n) is 14.3. The molecule has 0 aromatic heterocycles. The maximum atomic E-state index is 10.7. The number of carboxylic acids is 3. The van der Waals surface area contributed by atoms with E-state index in [1.807, 2.05) is 13.8 Å². The van der Waals surface area contributed by atoms with Crippen LogP contribution in [0.25, 0.3) is 0 Å². The van der Waals surface area contributed by atoms with E-state index < -0.39 is 34.2 Å². The zero-order valence-electron chi connectivity index (χ0n) is 25.4. The SMILES string of the molecule is CCCCCC(C)(CC)C(=O)[O-].CCCCCC(C)(CC)C(=O)[O-].CCCCCCC(C)(C)C(=O)[O-].[Eu+3]. The van der Waals surface area contributed by atoms with Crippen molar-refractivity contribution in [1.29, 1.82) is 0 Å². The first-order chi connectivity index (χ1) is 16.6. The molecule has 7 heteroatoms. The third kappa shape index (κ3) is 22.5. The van der Waals surface area contributed by atoms with Gasteiger partial charge in [0.2, 0.25) is 0 Å². The quantitative estimate of drug-likeness (QED) is 0.186. The Balaban J connectivity index is -0.000000218. The van der Waals surface area contributed by atoms with Crippen molar-refractivity contribution in [1.82, 2.24) is 0 Å². The molecule has 0 saturated carbocycles. The minimum atomic E-state index is -0.931. The molecule has 0 aromatic carbocycles. The molecule has 0 rings (SSSR count). The summed E-state index contributed by atoms with van der Waals surface area (Å²) in [5.74, 6) is -2.73. The standard InChI is InChI=1S/3C10H20O2.Eu/c1-4-5-6-7-8-10(2,3)9(11)12;2*1-4-6-7-8-10(3,5-2)9(11)12;/h3*4-8H2,1-3H3,(H,11,12);/q;;;+3/p-3. The van der Waals surface area contributed by atoms with E-state index in [1.165, 1.54) is 12.8 Å². The minimum absolute atomic E-state index is 0. The molecule has 2 atom stereocenters. The number of hydrogen-bond acceptors (Lipinski definition) is 6. The zero-order valence-corrected chi connectivity index (χ0v) is 27.9. The fraction of sp³-hybridized carbons (Fsp3) is 0.900. The van der Waals surface area contributed by atoms with E-state index in [0.717, 1.165) is 70.6 Å². The van der Waals surface area contributed by atoms with Crippen LogP contribution in [0.4, 0.5) is 0 Å². The van der Waals surface area contributed by atoms with E-state index in [9.17, 15) is 29.7 Å². The Bertz CT molecular complexity index is 559. The van der Waals surface area contributed by atoms with Crippen LogP contribution in [0.1, 0.15) is 159 Å². The Morgan fingerprint density at radius 1 is 0.486 bits per heavy atom. The summed E-state index contributed by atoms with van der Waals surface area (Å²) in [4.78, 5) is 32.0. The zero-order chi connectivity index (χ0) is 28.8. The number of carbonyl (C=O) groups excluding carboxylic acids is 3. The predicted octanol–water partition coefficient (Wildman–Crippen LogP) is 5.20. The molecule has 0 heterocycles. The maximum absolute atomic E-state index is 10.7. The topological polar surface area (TPSA) is 120 Å². The van der Waals surface area contributed by atoms with E-state index in [-0.39, 0.29) is 49.4 Å². The van der Waals surface area contributed by atoms with Crippen molar-refractivity contribution < 1.29 is 79.1 Å². The molecule has 0 aliphatic carbocycles.